The second-order valence-corrected chi connectivity index (χ2v) is 9.29. The quantitative estimate of drug-likeness (QED) is 0.748. The van der Waals surface area contributed by atoms with E-state index in [0.29, 0.717) is 4.58 Å². The van der Waals surface area contributed by atoms with Crippen molar-refractivity contribution < 1.29 is 9.53 Å². The summed E-state index contributed by atoms with van der Waals surface area (Å²) in [5, 5.41) is 0. The van der Waals surface area contributed by atoms with Gasteiger partial charge in [0.15, 0.2) is 6.61 Å². The highest BCUT2D eigenvalue weighted by atomic mass is 32.2. The standard InChI is InChI=1S/C21H23NO2S2/c23-20(22-12-3-6-16-5-1-2-7-19(16)22)15-24-18-10-8-17(9-11-18)21-25-13-4-14-26-21/h1-2,5,7-11,21H,3-4,6,12-15H2. The van der Waals surface area contributed by atoms with Crippen LogP contribution in [0.25, 0.3) is 0 Å². The minimum absolute atomic E-state index is 0.0274. The predicted octanol–water partition coefficient (Wildman–Crippen LogP) is 4.91. The first-order chi connectivity index (χ1) is 12.8. The van der Waals surface area contributed by atoms with Gasteiger partial charge in [0.2, 0.25) is 0 Å². The molecule has 2 aromatic carbocycles. The zero-order valence-electron chi connectivity index (χ0n) is 14.7. The minimum atomic E-state index is 0.0274. The number of para-hydroxylation sites is 1. The van der Waals surface area contributed by atoms with Gasteiger partial charge in [0.05, 0.1) is 4.58 Å². The van der Waals surface area contributed by atoms with Gasteiger partial charge < -0.3 is 9.64 Å². The maximum atomic E-state index is 12.6. The van der Waals surface area contributed by atoms with Crippen molar-refractivity contribution in [1.82, 2.24) is 0 Å². The number of amides is 1. The molecule has 2 aromatic rings. The Balaban J connectivity index is 1.36. The van der Waals surface area contributed by atoms with E-state index in [1.54, 1.807) is 0 Å². The van der Waals surface area contributed by atoms with Gasteiger partial charge in [0.1, 0.15) is 5.75 Å². The molecular weight excluding hydrogens is 362 g/mol. The second kappa shape index (κ2) is 8.40. The molecule has 0 aromatic heterocycles. The van der Waals surface area contributed by atoms with Crippen molar-refractivity contribution in [3.63, 3.8) is 0 Å². The molecule has 0 aliphatic carbocycles. The van der Waals surface area contributed by atoms with E-state index in [1.807, 2.05) is 58.8 Å². The first-order valence-corrected chi connectivity index (χ1v) is 11.3. The molecule has 3 nitrogen and oxygen atoms in total. The van der Waals surface area contributed by atoms with Gasteiger partial charge in [-0.3, -0.25) is 4.79 Å². The lowest BCUT2D eigenvalue weighted by atomic mass is 10.0. The van der Waals surface area contributed by atoms with Crippen LogP contribution in [0.5, 0.6) is 5.75 Å². The summed E-state index contributed by atoms with van der Waals surface area (Å²) in [5.41, 5.74) is 3.62. The van der Waals surface area contributed by atoms with Crippen molar-refractivity contribution in [1.29, 1.82) is 0 Å². The van der Waals surface area contributed by atoms with E-state index in [9.17, 15) is 4.79 Å². The molecule has 2 heterocycles. The van der Waals surface area contributed by atoms with E-state index in [1.165, 1.54) is 29.1 Å². The zero-order valence-corrected chi connectivity index (χ0v) is 16.4. The van der Waals surface area contributed by atoms with E-state index >= 15 is 0 Å². The molecule has 0 radical (unpaired) electrons. The van der Waals surface area contributed by atoms with Crippen molar-refractivity contribution in [3.8, 4) is 5.75 Å². The zero-order chi connectivity index (χ0) is 17.8. The summed E-state index contributed by atoms with van der Waals surface area (Å²) < 4.78 is 6.31. The van der Waals surface area contributed by atoms with Crippen molar-refractivity contribution in [3.05, 3.63) is 59.7 Å². The topological polar surface area (TPSA) is 29.5 Å². The fourth-order valence-electron chi connectivity index (χ4n) is 3.42. The van der Waals surface area contributed by atoms with Gasteiger partial charge in [-0.1, -0.05) is 30.3 Å². The molecule has 0 spiro atoms. The first-order valence-electron chi connectivity index (χ1n) is 9.15. The smallest absolute Gasteiger partial charge is 0.264 e. The molecule has 2 aliphatic heterocycles. The van der Waals surface area contributed by atoms with Crippen LogP contribution in [-0.4, -0.2) is 30.6 Å². The van der Waals surface area contributed by atoms with E-state index in [2.05, 4.69) is 18.2 Å². The highest BCUT2D eigenvalue weighted by Crippen LogP contribution is 2.43. The summed E-state index contributed by atoms with van der Waals surface area (Å²) in [6.45, 7) is 0.856. The number of ether oxygens (including phenoxy) is 1. The summed E-state index contributed by atoms with van der Waals surface area (Å²) in [7, 11) is 0. The SMILES string of the molecule is O=C(COc1ccc(C2SCCCS2)cc1)N1CCCc2ccccc21. The van der Waals surface area contributed by atoms with Gasteiger partial charge in [0, 0.05) is 12.2 Å². The molecule has 0 unspecified atom stereocenters. The third kappa shape index (κ3) is 4.04. The molecule has 26 heavy (non-hydrogen) atoms. The van der Waals surface area contributed by atoms with Crippen LogP contribution in [0.2, 0.25) is 0 Å². The van der Waals surface area contributed by atoms with Crippen molar-refractivity contribution in [2.75, 3.05) is 29.6 Å². The fourth-order valence-corrected chi connectivity index (χ4v) is 6.31. The number of benzene rings is 2. The lowest BCUT2D eigenvalue weighted by molar-refractivity contribution is -0.120. The third-order valence-corrected chi connectivity index (χ3v) is 7.77. The van der Waals surface area contributed by atoms with E-state index < -0.39 is 0 Å². The van der Waals surface area contributed by atoms with Crippen LogP contribution in [-0.2, 0) is 11.2 Å². The van der Waals surface area contributed by atoms with Crippen molar-refractivity contribution in [2.24, 2.45) is 0 Å². The molecule has 5 heteroatoms. The summed E-state index contributed by atoms with van der Waals surface area (Å²) in [5.74, 6) is 3.27. The number of aryl methyl sites for hydroxylation is 1. The van der Waals surface area contributed by atoms with Gasteiger partial charge in [-0.05, 0) is 60.1 Å². The van der Waals surface area contributed by atoms with E-state index in [4.69, 9.17) is 4.74 Å². The molecule has 1 saturated heterocycles. The summed E-state index contributed by atoms with van der Waals surface area (Å²) in [4.78, 5) is 14.5. The Morgan fingerprint density at radius 3 is 2.62 bits per heavy atom. The Labute approximate surface area is 163 Å². The number of fused-ring (bicyclic) bond motifs is 1. The third-order valence-electron chi connectivity index (χ3n) is 4.75. The lowest BCUT2D eigenvalue weighted by Crippen LogP contribution is -2.38. The number of hydrogen-bond donors (Lipinski definition) is 0. The molecule has 0 atom stereocenters. The molecule has 2 aliphatic rings. The van der Waals surface area contributed by atoms with Crippen LogP contribution in [0.3, 0.4) is 0 Å². The molecular formula is C21H23NO2S2. The Hall–Kier alpha value is -1.59. The maximum absolute atomic E-state index is 12.6. The number of nitrogens with zero attached hydrogens (tertiary/aromatic N) is 1. The average molecular weight is 386 g/mol. The number of carbonyl (C=O) groups excluding carboxylic acids is 1. The monoisotopic (exact) mass is 385 g/mol. The van der Waals surface area contributed by atoms with Gasteiger partial charge in [-0.2, -0.15) is 0 Å². The van der Waals surface area contributed by atoms with Crippen LogP contribution >= 0.6 is 23.5 Å². The number of rotatable bonds is 4. The normalized spacial score (nSPS) is 17.6. The summed E-state index contributed by atoms with van der Waals surface area (Å²) in [6, 6.07) is 16.4. The molecule has 0 bridgehead atoms. The second-order valence-electron chi connectivity index (χ2n) is 6.56. The maximum Gasteiger partial charge on any atom is 0.264 e. The van der Waals surface area contributed by atoms with E-state index in [0.717, 1.165) is 30.8 Å². The summed E-state index contributed by atoms with van der Waals surface area (Å²) >= 11 is 4.03. The molecule has 0 N–H and O–H groups in total. The molecule has 4 rings (SSSR count). The van der Waals surface area contributed by atoms with Gasteiger partial charge in [-0.25, -0.2) is 0 Å². The van der Waals surface area contributed by atoms with Gasteiger partial charge in [0.25, 0.3) is 5.91 Å². The van der Waals surface area contributed by atoms with Crippen LogP contribution in [0.4, 0.5) is 5.69 Å². The Morgan fingerprint density at radius 2 is 1.81 bits per heavy atom. The Morgan fingerprint density at radius 1 is 1.04 bits per heavy atom. The molecule has 1 fully saturated rings. The summed E-state index contributed by atoms with van der Waals surface area (Å²) in [6.07, 6.45) is 3.35. The van der Waals surface area contributed by atoms with Crippen LogP contribution in [0.1, 0.15) is 28.6 Å². The highest BCUT2D eigenvalue weighted by molar-refractivity contribution is 8.16. The fraction of sp³-hybridized carbons (Fsp3) is 0.381. The van der Waals surface area contributed by atoms with Crippen LogP contribution in [0, 0.1) is 0 Å². The van der Waals surface area contributed by atoms with E-state index in [-0.39, 0.29) is 12.5 Å². The molecule has 0 saturated carbocycles. The largest absolute Gasteiger partial charge is 0.484 e. The van der Waals surface area contributed by atoms with Crippen molar-refractivity contribution in [2.45, 2.75) is 23.8 Å². The van der Waals surface area contributed by atoms with Gasteiger partial charge in [-0.15, -0.1) is 23.5 Å². The van der Waals surface area contributed by atoms with Gasteiger partial charge >= 0.3 is 0 Å². The highest BCUT2D eigenvalue weighted by Gasteiger charge is 2.22. The Bertz CT molecular complexity index is 757. The number of hydrogen-bond acceptors (Lipinski definition) is 4. The first kappa shape index (κ1) is 17.8. The van der Waals surface area contributed by atoms with Crippen LogP contribution < -0.4 is 9.64 Å². The predicted molar refractivity (Wildman–Crippen MR) is 111 cm³/mol. The lowest BCUT2D eigenvalue weighted by Gasteiger charge is -2.29. The van der Waals surface area contributed by atoms with Crippen molar-refractivity contribution >= 4 is 35.1 Å². The minimum Gasteiger partial charge on any atom is -0.484 e. The number of thioether (sulfide) groups is 2. The molecule has 1 amide bonds. The average Bonchev–Trinajstić information content (AvgIpc) is 2.72. The number of carbonyl (C=O) groups is 1. The number of anilines is 1. The van der Waals surface area contributed by atoms with Crippen LogP contribution in [0.15, 0.2) is 48.5 Å². The Kier molecular flexibility index (Phi) is 5.75. The molecule has 136 valence electrons.